The van der Waals surface area contributed by atoms with Gasteiger partial charge in [0, 0.05) is 24.8 Å². The van der Waals surface area contributed by atoms with Gasteiger partial charge in [-0.3, -0.25) is 0 Å². The average molecular weight is 403 g/mol. The summed E-state index contributed by atoms with van der Waals surface area (Å²) in [5.41, 5.74) is 5.68. The van der Waals surface area contributed by atoms with Gasteiger partial charge in [-0.15, -0.1) is 0 Å². The van der Waals surface area contributed by atoms with Crippen LogP contribution in [-0.2, 0) is 13.0 Å². The van der Waals surface area contributed by atoms with E-state index in [2.05, 4.69) is 49.6 Å². The van der Waals surface area contributed by atoms with Crippen LogP contribution in [0.2, 0.25) is 0 Å². The van der Waals surface area contributed by atoms with Crippen LogP contribution in [0, 0.1) is 5.41 Å². The van der Waals surface area contributed by atoms with Gasteiger partial charge in [0.25, 0.3) is 0 Å². The van der Waals surface area contributed by atoms with Crippen molar-refractivity contribution in [3.8, 4) is 11.3 Å². The molecule has 3 N–H and O–H groups in total. The molecule has 0 bridgehead atoms. The summed E-state index contributed by atoms with van der Waals surface area (Å²) < 4.78 is 0. The van der Waals surface area contributed by atoms with E-state index in [0.29, 0.717) is 29.7 Å². The second kappa shape index (κ2) is 9.48. The van der Waals surface area contributed by atoms with Crippen LogP contribution in [-0.4, -0.2) is 27.7 Å². The summed E-state index contributed by atoms with van der Waals surface area (Å²) >= 11 is 0. The van der Waals surface area contributed by atoms with Crippen LogP contribution in [0.5, 0.6) is 0 Å². The minimum atomic E-state index is 0.340. The lowest BCUT2D eigenvalue weighted by atomic mass is 10.0. The molecule has 156 valence electrons. The number of rotatable bonds is 8. The molecule has 6 nitrogen and oxygen atoms in total. The number of hydrogen-bond acceptors (Lipinski definition) is 6. The number of nitrogens with zero attached hydrogens (tertiary/aromatic N) is 3. The Labute approximate surface area is 178 Å². The van der Waals surface area contributed by atoms with Gasteiger partial charge in [-0.25, -0.2) is 15.0 Å². The molecule has 0 amide bonds. The van der Waals surface area contributed by atoms with E-state index in [-0.39, 0.29) is 0 Å². The Balaban J connectivity index is 2.06. The van der Waals surface area contributed by atoms with Crippen LogP contribution < -0.4 is 10.6 Å². The standard InChI is InChI=1S/C24H30N6/c1-6-19-22(18-12-13-20(15(2)3)29-23(18)26-5)30-21(16(4)25)24(28-19)27-14-17-10-8-7-9-11-17/h7-13,15,25H,6,14H2,1-5H3,(H,26,29)(H,27,28). The van der Waals surface area contributed by atoms with Crippen molar-refractivity contribution in [3.05, 3.63) is 65.1 Å². The van der Waals surface area contributed by atoms with Crippen molar-refractivity contribution in [2.45, 2.75) is 46.6 Å². The second-order valence-corrected chi connectivity index (χ2v) is 7.57. The van der Waals surface area contributed by atoms with Crippen molar-refractivity contribution in [1.29, 1.82) is 5.41 Å². The molecule has 0 fully saturated rings. The molecule has 0 saturated carbocycles. The fourth-order valence-corrected chi connectivity index (χ4v) is 3.28. The average Bonchev–Trinajstić information content (AvgIpc) is 2.77. The maximum atomic E-state index is 8.26. The van der Waals surface area contributed by atoms with Crippen LogP contribution in [0.4, 0.5) is 11.6 Å². The first kappa shape index (κ1) is 21.4. The van der Waals surface area contributed by atoms with Gasteiger partial charge in [-0.05, 0) is 37.0 Å². The lowest BCUT2D eigenvalue weighted by Gasteiger charge is -2.17. The Morgan fingerprint density at radius 1 is 1.00 bits per heavy atom. The Bertz CT molecular complexity index is 1030. The predicted octanol–water partition coefficient (Wildman–Crippen LogP) is 5.27. The molecular formula is C24H30N6. The van der Waals surface area contributed by atoms with Gasteiger partial charge in [-0.1, -0.05) is 51.1 Å². The zero-order chi connectivity index (χ0) is 21.7. The maximum absolute atomic E-state index is 8.26. The Kier molecular flexibility index (Phi) is 6.77. The fourth-order valence-electron chi connectivity index (χ4n) is 3.28. The van der Waals surface area contributed by atoms with E-state index in [1.807, 2.05) is 31.3 Å². The molecule has 3 aromatic rings. The summed E-state index contributed by atoms with van der Waals surface area (Å²) in [7, 11) is 1.87. The molecule has 0 saturated heterocycles. The third-order valence-electron chi connectivity index (χ3n) is 4.96. The molecule has 3 rings (SSSR count). The number of anilines is 2. The van der Waals surface area contributed by atoms with E-state index >= 15 is 0 Å². The summed E-state index contributed by atoms with van der Waals surface area (Å²) in [5, 5.41) is 14.8. The lowest BCUT2D eigenvalue weighted by Crippen LogP contribution is -2.13. The fraction of sp³-hybridized carbons (Fsp3) is 0.333. The van der Waals surface area contributed by atoms with E-state index in [4.69, 9.17) is 20.4 Å². The molecule has 0 radical (unpaired) electrons. The third kappa shape index (κ3) is 4.64. The van der Waals surface area contributed by atoms with Gasteiger partial charge >= 0.3 is 0 Å². The molecule has 1 aromatic carbocycles. The first-order chi connectivity index (χ1) is 14.4. The highest BCUT2D eigenvalue weighted by Crippen LogP contribution is 2.31. The molecule has 0 aliphatic carbocycles. The zero-order valence-corrected chi connectivity index (χ0v) is 18.4. The first-order valence-electron chi connectivity index (χ1n) is 10.4. The predicted molar refractivity (Wildman–Crippen MR) is 125 cm³/mol. The number of pyridine rings is 1. The van der Waals surface area contributed by atoms with E-state index in [1.54, 1.807) is 6.92 Å². The van der Waals surface area contributed by atoms with Crippen molar-refractivity contribution in [1.82, 2.24) is 15.0 Å². The third-order valence-corrected chi connectivity index (χ3v) is 4.96. The molecule has 0 atom stereocenters. The molecule has 0 aliphatic heterocycles. The van der Waals surface area contributed by atoms with Gasteiger partial charge in [0.15, 0.2) is 5.82 Å². The van der Waals surface area contributed by atoms with Gasteiger partial charge < -0.3 is 16.0 Å². The van der Waals surface area contributed by atoms with E-state index in [0.717, 1.165) is 40.4 Å². The number of benzene rings is 1. The zero-order valence-electron chi connectivity index (χ0n) is 18.4. The van der Waals surface area contributed by atoms with Crippen LogP contribution in [0.1, 0.15) is 56.3 Å². The van der Waals surface area contributed by atoms with Crippen molar-refractivity contribution in [2.75, 3.05) is 17.7 Å². The normalized spacial score (nSPS) is 10.9. The quantitative estimate of drug-likeness (QED) is 0.447. The SMILES string of the molecule is CCc1nc(NCc2ccccc2)c(C(C)=N)nc1-c1ccc(C(C)C)nc1NC. The van der Waals surface area contributed by atoms with Gasteiger partial charge in [-0.2, -0.15) is 0 Å². The van der Waals surface area contributed by atoms with Crippen LogP contribution in [0.25, 0.3) is 11.3 Å². The highest BCUT2D eigenvalue weighted by Gasteiger charge is 2.19. The smallest absolute Gasteiger partial charge is 0.154 e. The lowest BCUT2D eigenvalue weighted by molar-refractivity contribution is 0.824. The van der Waals surface area contributed by atoms with Crippen LogP contribution in [0.15, 0.2) is 42.5 Å². The van der Waals surface area contributed by atoms with Crippen LogP contribution >= 0.6 is 0 Å². The highest BCUT2D eigenvalue weighted by molar-refractivity contribution is 5.99. The van der Waals surface area contributed by atoms with E-state index in [1.165, 1.54) is 0 Å². The molecule has 0 unspecified atom stereocenters. The summed E-state index contributed by atoms with van der Waals surface area (Å²) in [6, 6.07) is 14.2. The van der Waals surface area contributed by atoms with Gasteiger partial charge in [0.05, 0.1) is 17.1 Å². The summed E-state index contributed by atoms with van der Waals surface area (Å²) in [4.78, 5) is 14.5. The Morgan fingerprint density at radius 2 is 1.73 bits per heavy atom. The molecular weight excluding hydrogens is 372 g/mol. The van der Waals surface area contributed by atoms with Gasteiger partial charge in [0.2, 0.25) is 0 Å². The number of hydrogen-bond donors (Lipinski definition) is 3. The van der Waals surface area contributed by atoms with Crippen molar-refractivity contribution in [3.63, 3.8) is 0 Å². The number of aromatic nitrogens is 3. The number of aryl methyl sites for hydroxylation is 1. The number of nitrogens with one attached hydrogen (secondary N) is 3. The Morgan fingerprint density at radius 3 is 2.33 bits per heavy atom. The van der Waals surface area contributed by atoms with E-state index in [9.17, 15) is 0 Å². The largest absolute Gasteiger partial charge is 0.373 e. The molecule has 2 aromatic heterocycles. The van der Waals surface area contributed by atoms with Crippen LogP contribution in [0.3, 0.4) is 0 Å². The molecule has 6 heteroatoms. The highest BCUT2D eigenvalue weighted by atomic mass is 15.0. The van der Waals surface area contributed by atoms with Crippen molar-refractivity contribution in [2.24, 2.45) is 0 Å². The minimum absolute atomic E-state index is 0.340. The second-order valence-electron chi connectivity index (χ2n) is 7.57. The summed E-state index contributed by atoms with van der Waals surface area (Å²) in [6.45, 7) is 8.70. The molecule has 0 aliphatic rings. The minimum Gasteiger partial charge on any atom is -0.373 e. The summed E-state index contributed by atoms with van der Waals surface area (Å²) in [6.07, 6.45) is 0.731. The molecule has 0 spiro atoms. The topological polar surface area (TPSA) is 86.6 Å². The first-order valence-corrected chi connectivity index (χ1v) is 10.4. The maximum Gasteiger partial charge on any atom is 0.154 e. The van der Waals surface area contributed by atoms with Crippen molar-refractivity contribution < 1.29 is 0 Å². The molecule has 30 heavy (non-hydrogen) atoms. The summed E-state index contributed by atoms with van der Waals surface area (Å²) in [5.74, 6) is 1.76. The van der Waals surface area contributed by atoms with Gasteiger partial charge in [0.1, 0.15) is 11.5 Å². The Hall–Kier alpha value is -3.28. The monoisotopic (exact) mass is 402 g/mol. The molecule has 2 heterocycles. The van der Waals surface area contributed by atoms with E-state index < -0.39 is 0 Å². The van der Waals surface area contributed by atoms with Crippen molar-refractivity contribution >= 4 is 17.3 Å².